The van der Waals surface area contributed by atoms with Crippen molar-refractivity contribution in [2.45, 2.75) is 11.8 Å². The van der Waals surface area contributed by atoms with Crippen LogP contribution in [0.15, 0.2) is 27.6 Å². The second kappa shape index (κ2) is 6.64. The number of hydrogen-bond acceptors (Lipinski definition) is 3. The zero-order chi connectivity index (χ0) is 15.5. The van der Waals surface area contributed by atoms with Crippen LogP contribution in [0.25, 0.3) is 0 Å². The first-order chi connectivity index (χ1) is 9.20. The summed E-state index contributed by atoms with van der Waals surface area (Å²) in [5.41, 5.74) is 0. The van der Waals surface area contributed by atoms with Crippen LogP contribution in [0.4, 0.5) is 4.39 Å². The molecular weight excluding hydrogens is 351 g/mol. The summed E-state index contributed by atoms with van der Waals surface area (Å²) in [5.74, 6) is -1.26. The van der Waals surface area contributed by atoms with Gasteiger partial charge < -0.3 is 5.32 Å². The monoisotopic (exact) mass is 366 g/mol. The number of carbonyl (C=O) groups is 1. The third kappa shape index (κ3) is 3.77. The first-order valence-electron chi connectivity index (χ1n) is 5.83. The lowest BCUT2D eigenvalue weighted by Gasteiger charge is -2.21. The summed E-state index contributed by atoms with van der Waals surface area (Å²) in [6, 6.07) is 3.35. The first kappa shape index (κ1) is 17.1. The zero-order valence-electron chi connectivity index (χ0n) is 11.4. The molecule has 0 aliphatic carbocycles. The van der Waals surface area contributed by atoms with Crippen LogP contribution < -0.4 is 5.32 Å². The maximum Gasteiger partial charge on any atom is 0.243 e. The molecule has 0 aliphatic rings. The average Bonchev–Trinajstić information content (AvgIpc) is 2.36. The lowest BCUT2D eigenvalue weighted by atomic mass is 10.2. The van der Waals surface area contributed by atoms with Crippen LogP contribution in [0.3, 0.4) is 0 Å². The van der Waals surface area contributed by atoms with Crippen LogP contribution >= 0.6 is 15.9 Å². The molecule has 0 saturated heterocycles. The van der Waals surface area contributed by atoms with Gasteiger partial charge in [-0.1, -0.05) is 6.92 Å². The van der Waals surface area contributed by atoms with Crippen molar-refractivity contribution in [3.8, 4) is 0 Å². The highest BCUT2D eigenvalue weighted by molar-refractivity contribution is 9.10. The standard InChI is InChI=1S/C12H16BrFN2O3S/c1-8(12(17)15-2)7-16(3)20(18,19)11-5-4-9(14)6-10(11)13/h4-6,8H,7H2,1-3H3,(H,15,17). The Balaban J connectivity index is 3.01. The minimum absolute atomic E-state index is 0.0336. The van der Waals surface area contributed by atoms with Crippen LogP contribution in [-0.2, 0) is 14.8 Å². The highest BCUT2D eigenvalue weighted by Gasteiger charge is 2.26. The molecule has 5 nitrogen and oxygen atoms in total. The average molecular weight is 367 g/mol. The van der Waals surface area contributed by atoms with Crippen molar-refractivity contribution in [3.63, 3.8) is 0 Å². The van der Waals surface area contributed by atoms with Crippen LogP contribution in [0.5, 0.6) is 0 Å². The molecule has 0 aromatic heterocycles. The van der Waals surface area contributed by atoms with Gasteiger partial charge in [0.2, 0.25) is 15.9 Å². The molecule has 1 aromatic rings. The molecule has 1 atom stereocenters. The number of nitrogens with one attached hydrogen (secondary N) is 1. The second-order valence-electron chi connectivity index (χ2n) is 4.38. The number of sulfonamides is 1. The van der Waals surface area contributed by atoms with E-state index in [1.165, 1.54) is 20.2 Å². The molecule has 112 valence electrons. The van der Waals surface area contributed by atoms with Gasteiger partial charge in [-0.25, -0.2) is 17.1 Å². The summed E-state index contributed by atoms with van der Waals surface area (Å²) in [7, 11) is -0.914. The van der Waals surface area contributed by atoms with Crippen molar-refractivity contribution in [3.05, 3.63) is 28.5 Å². The van der Waals surface area contributed by atoms with Crippen molar-refractivity contribution < 1.29 is 17.6 Å². The largest absolute Gasteiger partial charge is 0.359 e. The third-order valence-electron chi connectivity index (χ3n) is 2.81. The summed E-state index contributed by atoms with van der Waals surface area (Å²) < 4.78 is 38.9. The smallest absolute Gasteiger partial charge is 0.243 e. The summed E-state index contributed by atoms with van der Waals surface area (Å²) in [5, 5.41) is 2.46. The molecule has 0 saturated carbocycles. The Labute approximate surface area is 126 Å². The zero-order valence-corrected chi connectivity index (χ0v) is 13.8. The topological polar surface area (TPSA) is 66.5 Å². The minimum atomic E-state index is -3.78. The van der Waals surface area contributed by atoms with E-state index in [0.717, 1.165) is 16.4 Å². The van der Waals surface area contributed by atoms with Gasteiger partial charge >= 0.3 is 0 Å². The number of benzene rings is 1. The van der Waals surface area contributed by atoms with E-state index in [1.54, 1.807) is 6.92 Å². The van der Waals surface area contributed by atoms with Gasteiger partial charge in [-0.3, -0.25) is 4.79 Å². The molecule has 1 rings (SSSR count). The highest BCUT2D eigenvalue weighted by atomic mass is 79.9. The molecule has 0 heterocycles. The fourth-order valence-electron chi connectivity index (χ4n) is 1.67. The summed E-state index contributed by atoms with van der Waals surface area (Å²) >= 11 is 3.03. The molecule has 8 heteroatoms. The molecule has 0 spiro atoms. The Bertz CT molecular complexity index is 607. The Morgan fingerprint density at radius 1 is 1.50 bits per heavy atom. The van der Waals surface area contributed by atoms with E-state index >= 15 is 0 Å². The number of carbonyl (C=O) groups excluding carboxylic acids is 1. The van der Waals surface area contributed by atoms with Crippen LogP contribution in [-0.4, -0.2) is 39.3 Å². The van der Waals surface area contributed by atoms with E-state index in [2.05, 4.69) is 21.2 Å². The van der Waals surface area contributed by atoms with Crippen molar-refractivity contribution in [1.29, 1.82) is 0 Å². The SMILES string of the molecule is CNC(=O)C(C)CN(C)S(=O)(=O)c1ccc(F)cc1Br. The number of halogens is 2. The van der Waals surface area contributed by atoms with Gasteiger partial charge in [0.1, 0.15) is 5.82 Å². The van der Waals surface area contributed by atoms with Crippen molar-refractivity contribution in [1.82, 2.24) is 9.62 Å². The molecule has 1 N–H and O–H groups in total. The van der Waals surface area contributed by atoms with E-state index in [4.69, 9.17) is 0 Å². The third-order valence-corrected chi connectivity index (χ3v) is 5.61. The number of hydrogen-bond donors (Lipinski definition) is 1. The summed E-state index contributed by atoms with van der Waals surface area (Å²) in [6.45, 7) is 1.66. The van der Waals surface area contributed by atoms with Crippen molar-refractivity contribution >= 4 is 31.9 Å². The Morgan fingerprint density at radius 3 is 2.60 bits per heavy atom. The Morgan fingerprint density at radius 2 is 2.10 bits per heavy atom. The second-order valence-corrected chi connectivity index (χ2v) is 7.24. The van der Waals surface area contributed by atoms with E-state index < -0.39 is 21.8 Å². The van der Waals surface area contributed by atoms with Gasteiger partial charge in [0.25, 0.3) is 0 Å². The fraction of sp³-hybridized carbons (Fsp3) is 0.417. The van der Waals surface area contributed by atoms with Gasteiger partial charge in [-0.05, 0) is 34.1 Å². The fourth-order valence-corrected chi connectivity index (χ4v) is 3.93. The van der Waals surface area contributed by atoms with E-state index in [9.17, 15) is 17.6 Å². The first-order valence-corrected chi connectivity index (χ1v) is 8.06. The quantitative estimate of drug-likeness (QED) is 0.860. The lowest BCUT2D eigenvalue weighted by Crippen LogP contribution is -2.37. The normalized spacial score (nSPS) is 13.3. The van der Waals surface area contributed by atoms with Crippen molar-refractivity contribution in [2.24, 2.45) is 5.92 Å². The van der Waals surface area contributed by atoms with Gasteiger partial charge in [0, 0.05) is 31.0 Å². The molecule has 1 amide bonds. The summed E-state index contributed by atoms with van der Waals surface area (Å²) in [6.07, 6.45) is 0. The number of nitrogens with zero attached hydrogens (tertiary/aromatic N) is 1. The van der Waals surface area contributed by atoms with Gasteiger partial charge in [-0.2, -0.15) is 0 Å². The van der Waals surface area contributed by atoms with Crippen LogP contribution in [0.2, 0.25) is 0 Å². The maximum atomic E-state index is 13.0. The minimum Gasteiger partial charge on any atom is -0.359 e. The Hall–Kier alpha value is -0.990. The predicted molar refractivity (Wildman–Crippen MR) is 77.1 cm³/mol. The van der Waals surface area contributed by atoms with Crippen molar-refractivity contribution in [2.75, 3.05) is 20.6 Å². The predicted octanol–water partition coefficient (Wildman–Crippen LogP) is 1.59. The number of rotatable bonds is 5. The van der Waals surface area contributed by atoms with Gasteiger partial charge in [0.15, 0.2) is 0 Å². The molecule has 1 unspecified atom stereocenters. The van der Waals surface area contributed by atoms with E-state index in [0.29, 0.717) is 0 Å². The molecule has 0 fully saturated rings. The molecule has 0 radical (unpaired) electrons. The molecule has 0 aliphatic heterocycles. The van der Waals surface area contributed by atoms with Crippen LogP contribution in [0.1, 0.15) is 6.92 Å². The van der Waals surface area contributed by atoms with Crippen LogP contribution in [0, 0.1) is 11.7 Å². The molecule has 1 aromatic carbocycles. The number of amides is 1. The van der Waals surface area contributed by atoms with Gasteiger partial charge in [-0.15, -0.1) is 0 Å². The summed E-state index contributed by atoms with van der Waals surface area (Å²) in [4.78, 5) is 11.4. The van der Waals surface area contributed by atoms with Gasteiger partial charge in [0.05, 0.1) is 4.90 Å². The molecular formula is C12H16BrFN2O3S. The van der Waals surface area contributed by atoms with E-state index in [-0.39, 0.29) is 21.8 Å². The highest BCUT2D eigenvalue weighted by Crippen LogP contribution is 2.25. The van der Waals surface area contributed by atoms with E-state index in [1.807, 2.05) is 0 Å². The lowest BCUT2D eigenvalue weighted by molar-refractivity contribution is -0.124. The molecule has 20 heavy (non-hydrogen) atoms. The maximum absolute atomic E-state index is 13.0. The Kier molecular flexibility index (Phi) is 5.67. The molecule has 0 bridgehead atoms.